The van der Waals surface area contributed by atoms with Crippen molar-refractivity contribution in [3.8, 4) is 0 Å². The molecule has 0 bridgehead atoms. The molecule has 0 fully saturated rings. The molecular weight excluding hydrogens is 248 g/mol. The van der Waals surface area contributed by atoms with Crippen molar-refractivity contribution in [2.75, 3.05) is 0 Å². The van der Waals surface area contributed by atoms with Gasteiger partial charge in [-0.3, -0.25) is 0 Å². The van der Waals surface area contributed by atoms with E-state index in [0.717, 1.165) is 6.42 Å². The van der Waals surface area contributed by atoms with Crippen molar-refractivity contribution >= 4 is 5.97 Å². The van der Waals surface area contributed by atoms with Gasteiger partial charge in [0.05, 0.1) is 5.56 Å². The Morgan fingerprint density at radius 3 is 2.45 bits per heavy atom. The highest BCUT2D eigenvalue weighted by atomic mass is 16.6. The summed E-state index contributed by atoms with van der Waals surface area (Å²) in [5.74, 6) is 0.358. The number of carbonyl (C=O) groups excluding carboxylic acids is 1. The van der Waals surface area contributed by atoms with E-state index in [0.29, 0.717) is 11.5 Å². The Bertz CT molecular complexity index is 395. The Morgan fingerprint density at radius 1 is 1.20 bits per heavy atom. The zero-order valence-corrected chi connectivity index (χ0v) is 13.3. The van der Waals surface area contributed by atoms with Gasteiger partial charge in [0.1, 0.15) is 5.60 Å². The fourth-order valence-electron chi connectivity index (χ4n) is 2.61. The summed E-state index contributed by atoms with van der Waals surface area (Å²) in [4.78, 5) is 12.1. The van der Waals surface area contributed by atoms with E-state index in [4.69, 9.17) is 4.74 Å². The summed E-state index contributed by atoms with van der Waals surface area (Å²) in [6.07, 6.45) is 5.92. The first kappa shape index (κ1) is 16.7. The van der Waals surface area contributed by atoms with Gasteiger partial charge in [-0.15, -0.1) is 0 Å². The van der Waals surface area contributed by atoms with Gasteiger partial charge in [0, 0.05) is 0 Å². The first-order chi connectivity index (χ1) is 9.44. The lowest BCUT2D eigenvalue weighted by molar-refractivity contribution is -0.0110. The number of rotatable bonds is 8. The van der Waals surface area contributed by atoms with Crippen LogP contribution in [0.2, 0.25) is 0 Å². The second kappa shape index (κ2) is 8.08. The van der Waals surface area contributed by atoms with Gasteiger partial charge in [-0.2, -0.15) is 0 Å². The molecule has 112 valence electrons. The lowest BCUT2D eigenvalue weighted by Gasteiger charge is -2.28. The Labute approximate surface area is 123 Å². The molecule has 2 heteroatoms. The van der Waals surface area contributed by atoms with E-state index < -0.39 is 5.60 Å². The van der Waals surface area contributed by atoms with Gasteiger partial charge in [-0.25, -0.2) is 4.79 Å². The number of benzene rings is 1. The Balaban J connectivity index is 2.46. The second-order valence-electron chi connectivity index (χ2n) is 6.32. The Kier molecular flexibility index (Phi) is 6.77. The number of unbranched alkanes of at least 4 members (excludes halogenated alkanes) is 2. The molecule has 0 saturated carbocycles. The third-order valence-corrected chi connectivity index (χ3v) is 3.52. The van der Waals surface area contributed by atoms with E-state index in [1.807, 2.05) is 32.0 Å². The molecule has 0 aliphatic rings. The van der Waals surface area contributed by atoms with Gasteiger partial charge in [0.25, 0.3) is 0 Å². The molecule has 1 aromatic rings. The maximum Gasteiger partial charge on any atom is 0.338 e. The summed E-state index contributed by atoms with van der Waals surface area (Å²) in [6, 6.07) is 9.21. The Morgan fingerprint density at radius 2 is 1.85 bits per heavy atom. The average molecular weight is 276 g/mol. The van der Waals surface area contributed by atoms with Crippen LogP contribution in [0.5, 0.6) is 0 Å². The normalized spacial score (nSPS) is 13.0. The highest BCUT2D eigenvalue weighted by Crippen LogP contribution is 2.25. The summed E-state index contributed by atoms with van der Waals surface area (Å²) in [6.45, 7) is 8.47. The van der Waals surface area contributed by atoms with E-state index in [2.05, 4.69) is 13.8 Å². The van der Waals surface area contributed by atoms with Gasteiger partial charge in [0.2, 0.25) is 0 Å². The molecule has 0 aliphatic carbocycles. The largest absolute Gasteiger partial charge is 0.456 e. The highest BCUT2D eigenvalue weighted by molar-refractivity contribution is 5.89. The molecule has 1 atom stereocenters. The molecule has 1 aromatic carbocycles. The number of hydrogen-bond donors (Lipinski definition) is 0. The lowest BCUT2D eigenvalue weighted by atomic mass is 9.90. The van der Waals surface area contributed by atoms with Crippen LogP contribution < -0.4 is 0 Å². The van der Waals surface area contributed by atoms with Crippen molar-refractivity contribution in [2.24, 2.45) is 5.92 Å². The van der Waals surface area contributed by atoms with Gasteiger partial charge in [-0.05, 0) is 38.3 Å². The van der Waals surface area contributed by atoms with Gasteiger partial charge >= 0.3 is 5.97 Å². The average Bonchev–Trinajstić information content (AvgIpc) is 2.38. The molecule has 0 amide bonds. The minimum Gasteiger partial charge on any atom is -0.456 e. The van der Waals surface area contributed by atoms with Crippen molar-refractivity contribution in [2.45, 2.75) is 65.4 Å². The monoisotopic (exact) mass is 276 g/mol. The third kappa shape index (κ3) is 6.23. The van der Waals surface area contributed by atoms with Crippen LogP contribution in [0, 0.1) is 5.92 Å². The van der Waals surface area contributed by atoms with Crippen LogP contribution in [0.1, 0.15) is 70.2 Å². The summed E-state index contributed by atoms with van der Waals surface area (Å²) in [5.41, 5.74) is 0.220. The maximum atomic E-state index is 12.1. The molecule has 0 saturated heterocycles. The van der Waals surface area contributed by atoms with Gasteiger partial charge < -0.3 is 4.74 Å². The van der Waals surface area contributed by atoms with Crippen molar-refractivity contribution in [3.63, 3.8) is 0 Å². The Hall–Kier alpha value is -1.31. The number of esters is 1. The molecule has 0 spiro atoms. The first-order valence-electron chi connectivity index (χ1n) is 7.73. The molecule has 0 aromatic heterocycles. The summed E-state index contributed by atoms with van der Waals surface area (Å²) in [7, 11) is 0. The zero-order valence-electron chi connectivity index (χ0n) is 13.3. The highest BCUT2D eigenvalue weighted by Gasteiger charge is 2.25. The maximum absolute atomic E-state index is 12.1. The van der Waals surface area contributed by atoms with Crippen LogP contribution >= 0.6 is 0 Å². The minimum atomic E-state index is -0.404. The van der Waals surface area contributed by atoms with Crippen LogP contribution in [-0.4, -0.2) is 11.6 Å². The smallest absolute Gasteiger partial charge is 0.338 e. The summed E-state index contributed by atoms with van der Waals surface area (Å²) >= 11 is 0. The van der Waals surface area contributed by atoms with E-state index in [-0.39, 0.29) is 5.97 Å². The first-order valence-corrected chi connectivity index (χ1v) is 7.73. The standard InChI is InChI=1S/C18H28O2/c1-5-6-8-11-15(2)14-18(3,4)20-17(19)16-12-9-7-10-13-16/h7,9-10,12-13,15H,5-6,8,11,14H2,1-4H3. The fraction of sp³-hybridized carbons (Fsp3) is 0.611. The molecule has 0 N–H and O–H groups in total. The predicted octanol–water partition coefficient (Wildman–Crippen LogP) is 5.23. The van der Waals surface area contributed by atoms with Crippen LogP contribution in [-0.2, 0) is 4.74 Å². The van der Waals surface area contributed by atoms with Crippen molar-refractivity contribution < 1.29 is 9.53 Å². The number of hydrogen-bond acceptors (Lipinski definition) is 2. The molecule has 1 unspecified atom stereocenters. The quantitative estimate of drug-likeness (QED) is 0.480. The molecule has 2 nitrogen and oxygen atoms in total. The van der Waals surface area contributed by atoms with Crippen molar-refractivity contribution in [1.82, 2.24) is 0 Å². The number of ether oxygens (including phenoxy) is 1. The zero-order chi connectivity index (χ0) is 15.0. The van der Waals surface area contributed by atoms with Crippen molar-refractivity contribution in [1.29, 1.82) is 0 Å². The van der Waals surface area contributed by atoms with E-state index in [9.17, 15) is 4.79 Å². The molecular formula is C18H28O2. The van der Waals surface area contributed by atoms with Crippen LogP contribution in [0.15, 0.2) is 30.3 Å². The third-order valence-electron chi connectivity index (χ3n) is 3.52. The molecule has 20 heavy (non-hydrogen) atoms. The molecule has 1 rings (SSSR count). The van der Waals surface area contributed by atoms with Crippen LogP contribution in [0.3, 0.4) is 0 Å². The van der Waals surface area contributed by atoms with Crippen LogP contribution in [0.25, 0.3) is 0 Å². The molecule has 0 aliphatic heterocycles. The lowest BCUT2D eigenvalue weighted by Crippen LogP contribution is -2.30. The predicted molar refractivity (Wildman–Crippen MR) is 83.9 cm³/mol. The second-order valence-corrected chi connectivity index (χ2v) is 6.32. The summed E-state index contributed by atoms with van der Waals surface area (Å²) < 4.78 is 5.66. The summed E-state index contributed by atoms with van der Waals surface area (Å²) in [5, 5.41) is 0. The van der Waals surface area contributed by atoms with Gasteiger partial charge in [0.15, 0.2) is 0 Å². The van der Waals surface area contributed by atoms with E-state index >= 15 is 0 Å². The molecule has 0 heterocycles. The van der Waals surface area contributed by atoms with Gasteiger partial charge in [-0.1, -0.05) is 57.7 Å². The van der Waals surface area contributed by atoms with Crippen LogP contribution in [0.4, 0.5) is 0 Å². The van der Waals surface area contributed by atoms with E-state index in [1.165, 1.54) is 25.7 Å². The number of carbonyl (C=O) groups is 1. The fourth-order valence-corrected chi connectivity index (χ4v) is 2.61. The van der Waals surface area contributed by atoms with E-state index in [1.54, 1.807) is 12.1 Å². The molecule has 0 radical (unpaired) electrons. The van der Waals surface area contributed by atoms with Crippen molar-refractivity contribution in [3.05, 3.63) is 35.9 Å². The topological polar surface area (TPSA) is 26.3 Å². The minimum absolute atomic E-state index is 0.226. The SMILES string of the molecule is CCCCCC(C)CC(C)(C)OC(=O)c1ccccc1.